The van der Waals surface area contributed by atoms with Gasteiger partial charge >= 0.3 is 0 Å². The first-order valence-electron chi connectivity index (χ1n) is 7.80. The molecular formula is C17H29N3O. The Morgan fingerprint density at radius 1 is 1.19 bits per heavy atom. The third kappa shape index (κ3) is 7.71. The average Bonchev–Trinajstić information content (AvgIpc) is 2.50. The van der Waals surface area contributed by atoms with Crippen molar-refractivity contribution >= 4 is 5.96 Å². The van der Waals surface area contributed by atoms with Gasteiger partial charge in [0.25, 0.3) is 0 Å². The Kier molecular flexibility index (Phi) is 9.29. The van der Waals surface area contributed by atoms with Crippen molar-refractivity contribution in [3.8, 4) is 0 Å². The molecule has 0 heterocycles. The van der Waals surface area contributed by atoms with E-state index >= 15 is 0 Å². The predicted octanol–water partition coefficient (Wildman–Crippen LogP) is 2.90. The van der Waals surface area contributed by atoms with Gasteiger partial charge in [-0.05, 0) is 31.7 Å². The summed E-state index contributed by atoms with van der Waals surface area (Å²) < 4.78 is 5.06. The quantitative estimate of drug-likeness (QED) is 0.432. The van der Waals surface area contributed by atoms with E-state index in [9.17, 15) is 0 Å². The van der Waals surface area contributed by atoms with E-state index in [0.717, 1.165) is 45.0 Å². The van der Waals surface area contributed by atoms with Gasteiger partial charge in [-0.1, -0.05) is 30.3 Å². The first kappa shape index (κ1) is 17.5. The molecule has 4 heteroatoms. The zero-order valence-corrected chi connectivity index (χ0v) is 13.6. The van der Waals surface area contributed by atoms with Crippen LogP contribution in [0.25, 0.3) is 0 Å². The second kappa shape index (κ2) is 11.1. The number of hydrogen-bond acceptors (Lipinski definition) is 2. The van der Waals surface area contributed by atoms with Crippen molar-refractivity contribution in [2.45, 2.75) is 32.7 Å². The molecule has 0 amide bonds. The second-order valence-corrected chi connectivity index (χ2v) is 5.13. The Bertz CT molecular complexity index is 392. The highest BCUT2D eigenvalue weighted by Crippen LogP contribution is 2.03. The molecule has 0 bridgehead atoms. The molecule has 0 fully saturated rings. The third-order valence-electron chi connectivity index (χ3n) is 3.23. The second-order valence-electron chi connectivity index (χ2n) is 5.13. The van der Waals surface area contributed by atoms with E-state index in [1.807, 2.05) is 6.07 Å². The number of nitrogens with zero attached hydrogens (tertiary/aromatic N) is 2. The number of benzene rings is 1. The van der Waals surface area contributed by atoms with Crippen LogP contribution < -0.4 is 5.32 Å². The molecule has 0 saturated heterocycles. The van der Waals surface area contributed by atoms with E-state index in [0.29, 0.717) is 0 Å². The minimum absolute atomic E-state index is 0.845. The number of rotatable bonds is 9. The van der Waals surface area contributed by atoms with Gasteiger partial charge in [0.05, 0.1) is 0 Å². The van der Waals surface area contributed by atoms with Gasteiger partial charge in [0.2, 0.25) is 0 Å². The molecule has 4 nitrogen and oxygen atoms in total. The number of hydrogen-bond donors (Lipinski definition) is 1. The molecule has 1 aromatic rings. The zero-order chi connectivity index (χ0) is 15.3. The summed E-state index contributed by atoms with van der Waals surface area (Å²) in [5, 5.41) is 3.36. The fraction of sp³-hybridized carbons (Fsp3) is 0.588. The lowest BCUT2D eigenvalue weighted by molar-refractivity contribution is 0.192. The van der Waals surface area contributed by atoms with Gasteiger partial charge in [0.15, 0.2) is 5.96 Å². The van der Waals surface area contributed by atoms with Crippen molar-refractivity contribution in [1.82, 2.24) is 10.2 Å². The van der Waals surface area contributed by atoms with Crippen LogP contribution >= 0.6 is 0 Å². The van der Waals surface area contributed by atoms with Crippen molar-refractivity contribution in [3.63, 3.8) is 0 Å². The molecule has 1 rings (SSSR count). The highest BCUT2D eigenvalue weighted by Gasteiger charge is 2.05. The maximum Gasteiger partial charge on any atom is 0.193 e. The molecule has 0 aliphatic heterocycles. The Morgan fingerprint density at radius 3 is 2.62 bits per heavy atom. The van der Waals surface area contributed by atoms with Crippen molar-refractivity contribution in [2.24, 2.45) is 4.99 Å². The molecule has 0 aliphatic rings. The topological polar surface area (TPSA) is 36.9 Å². The number of ether oxygens (including phenoxy) is 1. The zero-order valence-electron chi connectivity index (χ0n) is 13.6. The normalized spacial score (nSPS) is 11.5. The van der Waals surface area contributed by atoms with Crippen LogP contribution in [0.5, 0.6) is 0 Å². The molecule has 0 atom stereocenters. The molecule has 0 spiro atoms. The van der Waals surface area contributed by atoms with E-state index in [2.05, 4.69) is 48.5 Å². The average molecular weight is 291 g/mol. The Morgan fingerprint density at radius 2 is 1.95 bits per heavy atom. The van der Waals surface area contributed by atoms with Crippen molar-refractivity contribution < 1.29 is 4.74 Å². The molecule has 0 unspecified atom stereocenters. The van der Waals surface area contributed by atoms with Gasteiger partial charge in [-0.15, -0.1) is 0 Å². The lowest BCUT2D eigenvalue weighted by atomic mass is 10.2. The summed E-state index contributed by atoms with van der Waals surface area (Å²) in [4.78, 5) is 6.87. The molecule has 0 aromatic heterocycles. The first-order chi connectivity index (χ1) is 10.3. The Hall–Kier alpha value is -1.55. The summed E-state index contributed by atoms with van der Waals surface area (Å²) in [6, 6.07) is 10.5. The number of aliphatic imine (C=N–C) groups is 1. The Balaban J connectivity index is 2.43. The molecule has 0 radical (unpaired) electrons. The summed E-state index contributed by atoms with van der Waals surface area (Å²) in [6.07, 6.45) is 3.39. The SMILES string of the molecule is CCNC(=NCCCCCOC)N(C)Cc1ccccc1. The standard InChI is InChI=1S/C17H29N3O/c1-4-18-17(19-13-9-6-10-14-21-3)20(2)15-16-11-7-5-8-12-16/h5,7-8,11-12H,4,6,9-10,13-15H2,1-3H3,(H,18,19). The fourth-order valence-corrected chi connectivity index (χ4v) is 2.12. The van der Waals surface area contributed by atoms with Gasteiger partial charge in [-0.25, -0.2) is 0 Å². The minimum atomic E-state index is 0.845. The van der Waals surface area contributed by atoms with E-state index in [1.165, 1.54) is 12.0 Å². The number of guanidine groups is 1. The lowest BCUT2D eigenvalue weighted by Crippen LogP contribution is -2.38. The molecule has 21 heavy (non-hydrogen) atoms. The van der Waals surface area contributed by atoms with Gasteiger partial charge in [-0.3, -0.25) is 4.99 Å². The molecular weight excluding hydrogens is 262 g/mol. The molecule has 0 aliphatic carbocycles. The predicted molar refractivity (Wildman–Crippen MR) is 89.6 cm³/mol. The molecule has 1 N–H and O–H groups in total. The summed E-state index contributed by atoms with van der Waals surface area (Å²) in [7, 11) is 3.83. The van der Waals surface area contributed by atoms with Crippen LogP contribution in [-0.2, 0) is 11.3 Å². The number of unbranched alkanes of at least 4 members (excludes halogenated alkanes) is 2. The molecule has 0 saturated carbocycles. The first-order valence-corrected chi connectivity index (χ1v) is 7.80. The third-order valence-corrected chi connectivity index (χ3v) is 3.23. The summed E-state index contributed by atoms with van der Waals surface area (Å²) in [6.45, 7) is 5.57. The van der Waals surface area contributed by atoms with E-state index < -0.39 is 0 Å². The fourth-order valence-electron chi connectivity index (χ4n) is 2.12. The van der Waals surface area contributed by atoms with Crippen molar-refractivity contribution in [2.75, 3.05) is 33.9 Å². The number of methoxy groups -OCH3 is 1. The van der Waals surface area contributed by atoms with Gasteiger partial charge in [0.1, 0.15) is 0 Å². The van der Waals surface area contributed by atoms with Gasteiger partial charge in [-0.2, -0.15) is 0 Å². The van der Waals surface area contributed by atoms with Crippen LogP contribution in [0, 0.1) is 0 Å². The molecule has 1 aromatic carbocycles. The van der Waals surface area contributed by atoms with E-state index in [1.54, 1.807) is 7.11 Å². The lowest BCUT2D eigenvalue weighted by Gasteiger charge is -2.22. The smallest absolute Gasteiger partial charge is 0.193 e. The highest BCUT2D eigenvalue weighted by atomic mass is 16.5. The summed E-state index contributed by atoms with van der Waals surface area (Å²) in [5.74, 6) is 0.980. The van der Waals surface area contributed by atoms with Crippen LogP contribution in [0.1, 0.15) is 31.7 Å². The summed E-state index contributed by atoms with van der Waals surface area (Å²) in [5.41, 5.74) is 1.30. The highest BCUT2D eigenvalue weighted by molar-refractivity contribution is 5.79. The number of nitrogens with one attached hydrogen (secondary N) is 1. The van der Waals surface area contributed by atoms with Crippen molar-refractivity contribution in [1.29, 1.82) is 0 Å². The van der Waals surface area contributed by atoms with Crippen LogP contribution in [-0.4, -0.2) is 44.7 Å². The maximum absolute atomic E-state index is 5.06. The Labute approximate surface area is 129 Å². The largest absolute Gasteiger partial charge is 0.385 e. The van der Waals surface area contributed by atoms with Crippen molar-refractivity contribution in [3.05, 3.63) is 35.9 Å². The van der Waals surface area contributed by atoms with Crippen LogP contribution in [0.4, 0.5) is 0 Å². The summed E-state index contributed by atoms with van der Waals surface area (Å²) >= 11 is 0. The van der Waals surface area contributed by atoms with Crippen LogP contribution in [0.2, 0.25) is 0 Å². The van der Waals surface area contributed by atoms with E-state index in [-0.39, 0.29) is 0 Å². The minimum Gasteiger partial charge on any atom is -0.385 e. The molecule has 118 valence electrons. The monoisotopic (exact) mass is 291 g/mol. The van der Waals surface area contributed by atoms with E-state index in [4.69, 9.17) is 9.73 Å². The van der Waals surface area contributed by atoms with Crippen LogP contribution in [0.15, 0.2) is 35.3 Å². The maximum atomic E-state index is 5.06. The van der Waals surface area contributed by atoms with Crippen LogP contribution in [0.3, 0.4) is 0 Å². The van der Waals surface area contributed by atoms with Gasteiger partial charge in [0, 0.05) is 40.4 Å². The van der Waals surface area contributed by atoms with Gasteiger partial charge < -0.3 is 15.0 Å².